The number of carbonyl (C=O) groups is 1. The van der Waals surface area contributed by atoms with Gasteiger partial charge in [-0.2, -0.15) is 0 Å². The summed E-state index contributed by atoms with van der Waals surface area (Å²) in [5.74, 6) is 0.240. The van der Waals surface area contributed by atoms with Crippen LogP contribution in [-0.2, 0) is 0 Å². The van der Waals surface area contributed by atoms with Gasteiger partial charge in [-0.15, -0.1) is 0 Å². The largest absolute Gasteiger partial charge is 0.494 e. The van der Waals surface area contributed by atoms with Crippen LogP contribution in [0.5, 0.6) is 5.75 Å². The van der Waals surface area contributed by atoms with Crippen LogP contribution in [0.4, 0.5) is 5.82 Å². The molecule has 0 spiro atoms. The van der Waals surface area contributed by atoms with Crippen molar-refractivity contribution in [3.8, 4) is 5.75 Å². The van der Waals surface area contributed by atoms with Gasteiger partial charge < -0.3 is 15.2 Å². The van der Waals surface area contributed by atoms with E-state index in [1.54, 1.807) is 0 Å². The van der Waals surface area contributed by atoms with Crippen molar-refractivity contribution in [1.29, 1.82) is 0 Å². The molecular formula is C15H15ClN2O3. The molecule has 2 rings (SSSR count). The van der Waals surface area contributed by atoms with E-state index in [1.165, 1.54) is 12.3 Å². The molecule has 0 unspecified atom stereocenters. The first kappa shape index (κ1) is 15.1. The van der Waals surface area contributed by atoms with Gasteiger partial charge in [-0.3, -0.25) is 0 Å². The number of carboxylic acid groups (broad SMARTS) is 1. The Morgan fingerprint density at radius 3 is 2.81 bits per heavy atom. The van der Waals surface area contributed by atoms with E-state index in [9.17, 15) is 4.79 Å². The second-order valence-corrected chi connectivity index (χ2v) is 4.70. The maximum Gasteiger partial charge on any atom is 0.337 e. The Kier molecular flexibility index (Phi) is 5.40. The molecule has 0 aliphatic rings. The quantitative estimate of drug-likeness (QED) is 0.768. The molecule has 110 valence electrons. The van der Waals surface area contributed by atoms with Crippen molar-refractivity contribution in [3.05, 3.63) is 53.2 Å². The summed E-state index contributed by atoms with van der Waals surface area (Å²) in [5, 5.41) is 12.1. The predicted octanol–water partition coefficient (Wildman–Crippen LogP) is 3.31. The highest BCUT2D eigenvalue weighted by molar-refractivity contribution is 6.33. The normalized spacial score (nSPS) is 10.1. The molecule has 0 amide bonds. The molecule has 0 fully saturated rings. The number of aromatic carboxylic acids is 1. The number of rotatable bonds is 7. The molecule has 1 aromatic heterocycles. The number of benzene rings is 1. The highest BCUT2D eigenvalue weighted by Crippen LogP contribution is 2.17. The molecule has 0 bridgehead atoms. The van der Waals surface area contributed by atoms with Gasteiger partial charge in [0.15, 0.2) is 0 Å². The zero-order valence-corrected chi connectivity index (χ0v) is 12.0. The molecule has 6 heteroatoms. The predicted molar refractivity (Wildman–Crippen MR) is 81.3 cm³/mol. The molecule has 2 aromatic rings. The molecule has 0 saturated heterocycles. The third-order valence-electron chi connectivity index (χ3n) is 2.72. The molecule has 0 aliphatic carbocycles. The summed E-state index contributed by atoms with van der Waals surface area (Å²) < 4.78 is 5.55. The number of aromatic nitrogens is 1. The van der Waals surface area contributed by atoms with Crippen molar-refractivity contribution >= 4 is 23.4 Å². The molecule has 0 atom stereocenters. The number of hydrogen-bond acceptors (Lipinski definition) is 4. The van der Waals surface area contributed by atoms with E-state index in [0.717, 1.165) is 12.2 Å². The fourth-order valence-electron chi connectivity index (χ4n) is 1.69. The third-order valence-corrected chi connectivity index (χ3v) is 3.03. The van der Waals surface area contributed by atoms with Gasteiger partial charge in [-0.05, 0) is 24.6 Å². The molecule has 0 saturated carbocycles. The van der Waals surface area contributed by atoms with Gasteiger partial charge in [-0.25, -0.2) is 9.78 Å². The number of para-hydroxylation sites is 1. The van der Waals surface area contributed by atoms with Crippen molar-refractivity contribution in [1.82, 2.24) is 4.98 Å². The summed E-state index contributed by atoms with van der Waals surface area (Å²) in [6, 6.07) is 11.0. The number of halogens is 1. The Hall–Kier alpha value is -2.27. The van der Waals surface area contributed by atoms with Crippen LogP contribution >= 0.6 is 11.6 Å². The topological polar surface area (TPSA) is 71.5 Å². The van der Waals surface area contributed by atoms with Crippen LogP contribution in [0.3, 0.4) is 0 Å². The Morgan fingerprint density at radius 2 is 2.10 bits per heavy atom. The molecule has 5 nitrogen and oxygen atoms in total. The van der Waals surface area contributed by atoms with Crippen molar-refractivity contribution in [2.24, 2.45) is 0 Å². The molecule has 21 heavy (non-hydrogen) atoms. The van der Waals surface area contributed by atoms with E-state index < -0.39 is 5.97 Å². The third kappa shape index (κ3) is 4.65. The molecule has 1 aromatic carbocycles. The number of nitrogens with zero attached hydrogens (tertiary/aromatic N) is 1. The zero-order valence-electron chi connectivity index (χ0n) is 11.3. The van der Waals surface area contributed by atoms with Crippen LogP contribution in [0, 0.1) is 0 Å². The van der Waals surface area contributed by atoms with E-state index in [1.807, 2.05) is 30.3 Å². The van der Waals surface area contributed by atoms with E-state index in [4.69, 9.17) is 21.4 Å². The maximum absolute atomic E-state index is 10.9. The molecule has 0 radical (unpaired) electrons. The van der Waals surface area contributed by atoms with Crippen molar-refractivity contribution < 1.29 is 14.6 Å². The number of anilines is 1. The summed E-state index contributed by atoms with van der Waals surface area (Å²) >= 11 is 5.75. The smallest absolute Gasteiger partial charge is 0.337 e. The Bertz CT molecular complexity index is 605. The fourth-order valence-corrected chi connectivity index (χ4v) is 1.88. The van der Waals surface area contributed by atoms with Crippen LogP contribution in [0.1, 0.15) is 16.8 Å². The summed E-state index contributed by atoms with van der Waals surface area (Å²) in [4.78, 5) is 15.0. The number of carboxylic acids is 1. The highest BCUT2D eigenvalue weighted by atomic mass is 35.5. The van der Waals surface area contributed by atoms with E-state index in [-0.39, 0.29) is 10.6 Å². The van der Waals surface area contributed by atoms with Crippen molar-refractivity contribution in [2.45, 2.75) is 6.42 Å². The molecule has 1 heterocycles. The first-order valence-electron chi connectivity index (χ1n) is 6.47. The standard InChI is InChI=1S/C15H15ClN2O3/c16-13-10-18-14(9-12(13)15(19)20)17-7-4-8-21-11-5-2-1-3-6-11/h1-3,5-6,9-10H,4,7-8H2,(H,17,18)(H,19,20). The minimum atomic E-state index is -1.07. The van der Waals surface area contributed by atoms with Crippen LogP contribution in [0.25, 0.3) is 0 Å². The number of nitrogens with one attached hydrogen (secondary N) is 1. The van der Waals surface area contributed by atoms with Gasteiger partial charge in [0.05, 0.1) is 17.2 Å². The summed E-state index contributed by atoms with van der Waals surface area (Å²) in [6.07, 6.45) is 2.09. The monoisotopic (exact) mass is 306 g/mol. The lowest BCUT2D eigenvalue weighted by atomic mass is 10.2. The minimum Gasteiger partial charge on any atom is -0.494 e. The first-order valence-corrected chi connectivity index (χ1v) is 6.85. The highest BCUT2D eigenvalue weighted by Gasteiger charge is 2.09. The van der Waals surface area contributed by atoms with Gasteiger partial charge in [0, 0.05) is 12.7 Å². The lowest BCUT2D eigenvalue weighted by molar-refractivity contribution is 0.0697. The fraction of sp³-hybridized carbons (Fsp3) is 0.200. The van der Waals surface area contributed by atoms with Crippen LogP contribution in [-0.4, -0.2) is 29.2 Å². The maximum atomic E-state index is 10.9. The van der Waals surface area contributed by atoms with Crippen LogP contribution in [0.2, 0.25) is 5.02 Å². The van der Waals surface area contributed by atoms with Gasteiger partial charge in [0.25, 0.3) is 0 Å². The summed E-state index contributed by atoms with van der Waals surface area (Å²) in [6.45, 7) is 1.19. The van der Waals surface area contributed by atoms with Gasteiger partial charge in [0.2, 0.25) is 0 Å². The Balaban J connectivity index is 1.76. The molecule has 0 aliphatic heterocycles. The first-order chi connectivity index (χ1) is 10.2. The van der Waals surface area contributed by atoms with E-state index in [0.29, 0.717) is 19.0 Å². The second kappa shape index (κ2) is 7.50. The lowest BCUT2D eigenvalue weighted by Crippen LogP contribution is -2.09. The summed E-state index contributed by atoms with van der Waals surface area (Å²) in [5.41, 5.74) is 0.0368. The Morgan fingerprint density at radius 1 is 1.33 bits per heavy atom. The zero-order chi connectivity index (χ0) is 15.1. The van der Waals surface area contributed by atoms with Gasteiger partial charge in [0.1, 0.15) is 11.6 Å². The van der Waals surface area contributed by atoms with Gasteiger partial charge >= 0.3 is 5.97 Å². The van der Waals surface area contributed by atoms with E-state index >= 15 is 0 Å². The molecular weight excluding hydrogens is 292 g/mol. The van der Waals surface area contributed by atoms with Crippen molar-refractivity contribution in [2.75, 3.05) is 18.5 Å². The lowest BCUT2D eigenvalue weighted by Gasteiger charge is -2.08. The minimum absolute atomic E-state index is 0.0368. The number of ether oxygens (including phenoxy) is 1. The van der Waals surface area contributed by atoms with Gasteiger partial charge in [-0.1, -0.05) is 29.8 Å². The molecule has 2 N–H and O–H groups in total. The number of pyridine rings is 1. The summed E-state index contributed by atoms with van der Waals surface area (Å²) in [7, 11) is 0. The van der Waals surface area contributed by atoms with E-state index in [2.05, 4.69) is 10.3 Å². The average molecular weight is 307 g/mol. The average Bonchev–Trinajstić information content (AvgIpc) is 2.49. The van der Waals surface area contributed by atoms with Crippen LogP contribution < -0.4 is 10.1 Å². The second-order valence-electron chi connectivity index (χ2n) is 4.30. The van der Waals surface area contributed by atoms with Crippen molar-refractivity contribution in [3.63, 3.8) is 0 Å². The van der Waals surface area contributed by atoms with Crippen LogP contribution in [0.15, 0.2) is 42.6 Å². The number of hydrogen-bond donors (Lipinski definition) is 2. The Labute approximate surface area is 127 Å². The SMILES string of the molecule is O=C(O)c1cc(NCCCOc2ccccc2)ncc1Cl.